The Kier molecular flexibility index (Phi) is 2.78. The number of amides is 1. The molecular weight excluding hydrogens is 232 g/mol. The molecule has 0 unspecified atom stereocenters. The highest BCUT2D eigenvalue weighted by Crippen LogP contribution is 2.34. The third kappa shape index (κ3) is 1.71. The fourth-order valence-corrected chi connectivity index (χ4v) is 2.05. The van der Waals surface area contributed by atoms with Crippen LogP contribution in [0.15, 0.2) is 12.3 Å². The van der Waals surface area contributed by atoms with Crippen molar-refractivity contribution in [2.45, 2.75) is 13.8 Å². The first-order valence-electron chi connectivity index (χ1n) is 5.41. The summed E-state index contributed by atoms with van der Waals surface area (Å²) in [6.45, 7) is 3.40. The quantitative estimate of drug-likeness (QED) is 0.823. The van der Waals surface area contributed by atoms with Gasteiger partial charge < -0.3 is 10.8 Å². The van der Waals surface area contributed by atoms with Crippen molar-refractivity contribution in [3.05, 3.63) is 29.2 Å². The zero-order valence-corrected chi connectivity index (χ0v) is 10.4. The summed E-state index contributed by atoms with van der Waals surface area (Å²) in [4.78, 5) is 15.6. The molecule has 0 atom stereocenters. The van der Waals surface area contributed by atoms with Gasteiger partial charge in [0.2, 0.25) is 0 Å². The summed E-state index contributed by atoms with van der Waals surface area (Å²) in [5.41, 5.74) is 7.52. The van der Waals surface area contributed by atoms with Crippen molar-refractivity contribution in [2.75, 3.05) is 0 Å². The van der Waals surface area contributed by atoms with Gasteiger partial charge in [-0.05, 0) is 19.9 Å². The number of hydrogen-bond donors (Lipinski definition) is 2. The van der Waals surface area contributed by atoms with E-state index >= 15 is 0 Å². The van der Waals surface area contributed by atoms with Gasteiger partial charge >= 0.3 is 0 Å². The van der Waals surface area contributed by atoms with E-state index in [0.717, 1.165) is 0 Å². The monoisotopic (exact) mass is 246 g/mol. The number of nitrogens with zero attached hydrogens (tertiary/aromatic N) is 3. The lowest BCUT2D eigenvalue weighted by atomic mass is 10.0. The third-order valence-electron chi connectivity index (χ3n) is 2.86. The standard InChI is InChI=1S/C12H14N4O2/c1-6-9(8-4-5-14-16(8)3)11(17)10(12(13)18)7(2)15-6/h4-5H,1-3H3,(H2,13,18)(H,15,17). The van der Waals surface area contributed by atoms with Gasteiger partial charge in [0.05, 0.1) is 22.6 Å². The Balaban J connectivity index is 2.80. The fraction of sp³-hybridized carbons (Fsp3) is 0.250. The molecule has 2 rings (SSSR count). The van der Waals surface area contributed by atoms with Crippen molar-refractivity contribution in [3.63, 3.8) is 0 Å². The molecule has 2 aromatic heterocycles. The van der Waals surface area contributed by atoms with Crippen LogP contribution in [-0.2, 0) is 7.05 Å². The predicted octanol–water partition coefficient (Wildman–Crippen LogP) is 0.903. The van der Waals surface area contributed by atoms with E-state index in [4.69, 9.17) is 5.73 Å². The average Bonchev–Trinajstić information content (AvgIpc) is 2.63. The Labute approximate surface area is 104 Å². The Morgan fingerprint density at radius 3 is 2.56 bits per heavy atom. The lowest BCUT2D eigenvalue weighted by Crippen LogP contribution is -2.15. The van der Waals surface area contributed by atoms with Crippen molar-refractivity contribution in [1.82, 2.24) is 14.8 Å². The minimum Gasteiger partial charge on any atom is -0.506 e. The summed E-state index contributed by atoms with van der Waals surface area (Å²) in [6, 6.07) is 1.74. The van der Waals surface area contributed by atoms with Gasteiger partial charge in [-0.1, -0.05) is 0 Å². The summed E-state index contributed by atoms with van der Waals surface area (Å²) in [6.07, 6.45) is 1.61. The molecule has 6 heteroatoms. The summed E-state index contributed by atoms with van der Waals surface area (Å²) in [7, 11) is 1.75. The van der Waals surface area contributed by atoms with Crippen LogP contribution >= 0.6 is 0 Å². The molecule has 0 aliphatic heterocycles. The highest BCUT2D eigenvalue weighted by molar-refractivity contribution is 5.99. The number of aryl methyl sites for hydroxylation is 3. The highest BCUT2D eigenvalue weighted by Gasteiger charge is 2.21. The van der Waals surface area contributed by atoms with Crippen molar-refractivity contribution >= 4 is 5.91 Å². The highest BCUT2D eigenvalue weighted by atomic mass is 16.3. The zero-order chi connectivity index (χ0) is 13.4. The number of nitrogens with two attached hydrogens (primary N) is 1. The number of pyridine rings is 1. The molecule has 18 heavy (non-hydrogen) atoms. The SMILES string of the molecule is Cc1nc(C)c(-c2ccnn2C)c(O)c1C(N)=O. The van der Waals surface area contributed by atoms with E-state index in [0.29, 0.717) is 22.6 Å². The summed E-state index contributed by atoms with van der Waals surface area (Å²) in [5.74, 6) is -0.836. The Morgan fingerprint density at radius 1 is 1.39 bits per heavy atom. The number of carbonyl (C=O) groups excluding carboxylic acids is 1. The smallest absolute Gasteiger partial charge is 0.254 e. The van der Waals surface area contributed by atoms with Gasteiger partial charge in [0.1, 0.15) is 11.3 Å². The van der Waals surface area contributed by atoms with Crippen molar-refractivity contribution in [3.8, 4) is 17.0 Å². The van der Waals surface area contributed by atoms with Gasteiger partial charge in [-0.3, -0.25) is 14.5 Å². The first-order chi connectivity index (χ1) is 8.43. The van der Waals surface area contributed by atoms with Crippen LogP contribution in [0.25, 0.3) is 11.3 Å². The van der Waals surface area contributed by atoms with Gasteiger partial charge in [-0.15, -0.1) is 0 Å². The first kappa shape index (κ1) is 12.1. The lowest BCUT2D eigenvalue weighted by molar-refractivity contribution is 0.0997. The molecule has 0 aromatic carbocycles. The second-order valence-corrected chi connectivity index (χ2v) is 4.09. The number of aromatic nitrogens is 3. The molecule has 0 aliphatic rings. The molecule has 94 valence electrons. The number of aromatic hydroxyl groups is 1. The van der Waals surface area contributed by atoms with Crippen LogP contribution in [-0.4, -0.2) is 25.8 Å². The van der Waals surface area contributed by atoms with Crippen LogP contribution in [0, 0.1) is 13.8 Å². The van der Waals surface area contributed by atoms with Crippen molar-refractivity contribution < 1.29 is 9.90 Å². The van der Waals surface area contributed by atoms with E-state index in [9.17, 15) is 9.90 Å². The number of hydrogen-bond acceptors (Lipinski definition) is 4. The predicted molar refractivity (Wildman–Crippen MR) is 66.1 cm³/mol. The van der Waals surface area contributed by atoms with E-state index < -0.39 is 5.91 Å². The first-order valence-corrected chi connectivity index (χ1v) is 5.41. The molecule has 6 nitrogen and oxygen atoms in total. The van der Waals surface area contributed by atoms with Crippen LogP contribution in [0.3, 0.4) is 0 Å². The second-order valence-electron chi connectivity index (χ2n) is 4.09. The maximum Gasteiger partial charge on any atom is 0.254 e. The van der Waals surface area contributed by atoms with Gasteiger partial charge in [-0.25, -0.2) is 0 Å². The van der Waals surface area contributed by atoms with Gasteiger partial charge in [0, 0.05) is 13.2 Å². The maximum atomic E-state index is 11.4. The molecule has 1 amide bonds. The molecule has 0 radical (unpaired) electrons. The molecular formula is C12H14N4O2. The summed E-state index contributed by atoms with van der Waals surface area (Å²) < 4.78 is 1.60. The maximum absolute atomic E-state index is 11.4. The van der Waals surface area contributed by atoms with Crippen LogP contribution < -0.4 is 5.73 Å². The molecule has 2 aromatic rings. The van der Waals surface area contributed by atoms with Gasteiger partial charge in [0.15, 0.2) is 0 Å². The Bertz CT molecular complexity index is 631. The molecule has 0 saturated heterocycles. The van der Waals surface area contributed by atoms with E-state index in [1.807, 2.05) is 0 Å². The lowest BCUT2D eigenvalue weighted by Gasteiger charge is -2.13. The van der Waals surface area contributed by atoms with Crippen LogP contribution in [0.5, 0.6) is 5.75 Å². The normalized spacial score (nSPS) is 10.6. The molecule has 3 N–H and O–H groups in total. The number of rotatable bonds is 2. The topological polar surface area (TPSA) is 94.0 Å². The summed E-state index contributed by atoms with van der Waals surface area (Å²) >= 11 is 0. The van der Waals surface area contributed by atoms with Gasteiger partial charge in [-0.2, -0.15) is 5.10 Å². The number of primary amides is 1. The molecule has 0 bridgehead atoms. The zero-order valence-electron chi connectivity index (χ0n) is 10.4. The summed E-state index contributed by atoms with van der Waals surface area (Å²) in [5, 5.41) is 14.3. The van der Waals surface area contributed by atoms with Crippen molar-refractivity contribution in [2.24, 2.45) is 12.8 Å². The van der Waals surface area contributed by atoms with Crippen LogP contribution in [0.4, 0.5) is 0 Å². The fourth-order valence-electron chi connectivity index (χ4n) is 2.05. The molecule has 0 spiro atoms. The van der Waals surface area contributed by atoms with Crippen LogP contribution in [0.1, 0.15) is 21.7 Å². The molecule has 2 heterocycles. The minimum atomic E-state index is -0.694. The van der Waals surface area contributed by atoms with Crippen molar-refractivity contribution in [1.29, 1.82) is 0 Å². The van der Waals surface area contributed by atoms with E-state index in [1.165, 1.54) is 0 Å². The average molecular weight is 246 g/mol. The molecule has 0 aliphatic carbocycles. The van der Waals surface area contributed by atoms with E-state index in [1.54, 1.807) is 37.8 Å². The minimum absolute atomic E-state index is 0.0526. The Hall–Kier alpha value is -2.37. The van der Waals surface area contributed by atoms with Gasteiger partial charge in [0.25, 0.3) is 5.91 Å². The molecule has 0 saturated carbocycles. The van der Waals surface area contributed by atoms with Crippen LogP contribution in [0.2, 0.25) is 0 Å². The van der Waals surface area contributed by atoms with E-state index in [-0.39, 0.29) is 11.3 Å². The largest absolute Gasteiger partial charge is 0.506 e. The van der Waals surface area contributed by atoms with E-state index in [2.05, 4.69) is 10.1 Å². The molecule has 0 fully saturated rings. The Morgan fingerprint density at radius 2 is 2.06 bits per heavy atom. The number of carbonyl (C=O) groups is 1. The second kappa shape index (κ2) is 4.14. The third-order valence-corrected chi connectivity index (χ3v) is 2.86.